The van der Waals surface area contributed by atoms with Crippen LogP contribution in [0.5, 0.6) is 0 Å². The summed E-state index contributed by atoms with van der Waals surface area (Å²) in [5.41, 5.74) is 6.62. The molecule has 3 N–H and O–H groups in total. The molecule has 1 fully saturated rings. The van der Waals surface area contributed by atoms with Crippen LogP contribution in [0.2, 0.25) is 0 Å². The van der Waals surface area contributed by atoms with Crippen LogP contribution in [0.25, 0.3) is 0 Å². The zero-order chi connectivity index (χ0) is 20.3. The molecule has 1 aromatic carbocycles. The number of aromatic nitrogens is 1. The number of benzene rings is 1. The van der Waals surface area contributed by atoms with Crippen molar-refractivity contribution in [2.75, 3.05) is 11.9 Å². The van der Waals surface area contributed by atoms with Gasteiger partial charge in [0, 0.05) is 17.2 Å². The highest BCUT2D eigenvalue weighted by molar-refractivity contribution is 9.10. The second-order valence-electron chi connectivity index (χ2n) is 6.99. The SMILES string of the molecule is C[C@@H]1CC[C@@H](c2cccc(Br)c2)N(C(=O)C(=O)Nc2cncc(C(N)=O)c2)C1. The first-order valence-electron chi connectivity index (χ1n) is 8.97. The first kappa shape index (κ1) is 20.0. The Bertz CT molecular complexity index is 918. The van der Waals surface area contributed by atoms with Crippen LogP contribution in [-0.2, 0) is 9.59 Å². The van der Waals surface area contributed by atoms with E-state index in [0.717, 1.165) is 22.9 Å². The highest BCUT2D eigenvalue weighted by Gasteiger charge is 2.34. The maximum atomic E-state index is 12.9. The van der Waals surface area contributed by atoms with Gasteiger partial charge in [-0.05, 0) is 42.5 Å². The summed E-state index contributed by atoms with van der Waals surface area (Å²) < 4.78 is 0.926. The van der Waals surface area contributed by atoms with Crippen molar-refractivity contribution in [1.82, 2.24) is 9.88 Å². The minimum Gasteiger partial charge on any atom is -0.366 e. The zero-order valence-corrected chi connectivity index (χ0v) is 17.0. The largest absolute Gasteiger partial charge is 0.366 e. The van der Waals surface area contributed by atoms with Gasteiger partial charge in [-0.1, -0.05) is 35.0 Å². The van der Waals surface area contributed by atoms with Crippen LogP contribution in [-0.4, -0.2) is 34.2 Å². The molecular weight excluding hydrogens is 424 g/mol. The highest BCUT2D eigenvalue weighted by atomic mass is 79.9. The van der Waals surface area contributed by atoms with Crippen LogP contribution >= 0.6 is 15.9 Å². The van der Waals surface area contributed by atoms with E-state index in [2.05, 4.69) is 33.2 Å². The second kappa shape index (κ2) is 8.52. The number of nitrogens with zero attached hydrogens (tertiary/aromatic N) is 2. The lowest BCUT2D eigenvalue weighted by Gasteiger charge is -2.38. The Morgan fingerprint density at radius 2 is 2.00 bits per heavy atom. The molecule has 1 aliphatic heterocycles. The molecular formula is C20H21BrN4O3. The molecule has 0 unspecified atom stereocenters. The van der Waals surface area contributed by atoms with Gasteiger partial charge in [0.1, 0.15) is 0 Å². The molecule has 1 aromatic heterocycles. The molecule has 1 aliphatic rings. The van der Waals surface area contributed by atoms with Crippen LogP contribution in [0.3, 0.4) is 0 Å². The van der Waals surface area contributed by atoms with Gasteiger partial charge >= 0.3 is 11.8 Å². The summed E-state index contributed by atoms with van der Waals surface area (Å²) >= 11 is 3.46. The molecule has 8 heteroatoms. The molecule has 28 heavy (non-hydrogen) atoms. The van der Waals surface area contributed by atoms with Crippen LogP contribution in [0.15, 0.2) is 47.2 Å². The van der Waals surface area contributed by atoms with Crippen molar-refractivity contribution >= 4 is 39.3 Å². The summed E-state index contributed by atoms with van der Waals surface area (Å²) in [6, 6.07) is 9.00. The van der Waals surface area contributed by atoms with Gasteiger partial charge in [0.2, 0.25) is 5.91 Å². The van der Waals surface area contributed by atoms with Gasteiger partial charge in [-0.2, -0.15) is 0 Å². The minimum absolute atomic E-state index is 0.156. The third-order valence-electron chi connectivity index (χ3n) is 4.79. The molecule has 0 spiro atoms. The molecule has 2 heterocycles. The zero-order valence-electron chi connectivity index (χ0n) is 15.4. The maximum Gasteiger partial charge on any atom is 0.313 e. The van der Waals surface area contributed by atoms with Gasteiger partial charge in [0.25, 0.3) is 0 Å². The summed E-state index contributed by atoms with van der Waals surface area (Å²) in [5.74, 6) is -1.73. The van der Waals surface area contributed by atoms with E-state index < -0.39 is 17.7 Å². The van der Waals surface area contributed by atoms with E-state index in [1.54, 1.807) is 4.90 Å². The van der Waals surface area contributed by atoms with Crippen molar-refractivity contribution in [2.24, 2.45) is 11.7 Å². The van der Waals surface area contributed by atoms with E-state index in [0.29, 0.717) is 12.5 Å². The van der Waals surface area contributed by atoms with Crippen LogP contribution in [0.1, 0.15) is 41.7 Å². The summed E-state index contributed by atoms with van der Waals surface area (Å²) in [6.07, 6.45) is 4.43. The van der Waals surface area contributed by atoms with Crippen LogP contribution in [0, 0.1) is 5.92 Å². The number of carbonyl (C=O) groups excluding carboxylic acids is 3. The summed E-state index contributed by atoms with van der Waals surface area (Å²) in [6.45, 7) is 2.57. The van der Waals surface area contributed by atoms with E-state index in [-0.39, 0.29) is 17.3 Å². The Hall–Kier alpha value is -2.74. The minimum atomic E-state index is -0.766. The number of pyridine rings is 1. The van der Waals surface area contributed by atoms with E-state index in [1.807, 2.05) is 24.3 Å². The number of likely N-dealkylation sites (tertiary alicyclic amines) is 1. The number of nitrogens with one attached hydrogen (secondary N) is 1. The van der Waals surface area contributed by atoms with Gasteiger partial charge in [0.15, 0.2) is 0 Å². The van der Waals surface area contributed by atoms with Crippen molar-refractivity contribution in [3.05, 3.63) is 58.3 Å². The van der Waals surface area contributed by atoms with Gasteiger partial charge in [-0.25, -0.2) is 0 Å². The number of piperidine rings is 1. The number of nitrogens with two attached hydrogens (primary N) is 1. The Balaban J connectivity index is 1.80. The molecule has 1 saturated heterocycles. The molecule has 3 amide bonds. The smallest absolute Gasteiger partial charge is 0.313 e. The number of rotatable bonds is 3. The van der Waals surface area contributed by atoms with Crippen molar-refractivity contribution in [1.29, 1.82) is 0 Å². The lowest BCUT2D eigenvalue weighted by Crippen LogP contribution is -2.46. The van der Waals surface area contributed by atoms with Crippen molar-refractivity contribution in [3.8, 4) is 0 Å². The first-order chi connectivity index (χ1) is 13.3. The van der Waals surface area contributed by atoms with E-state index in [9.17, 15) is 14.4 Å². The predicted octanol–water partition coefficient (Wildman–Crippen LogP) is 2.88. The number of hydrogen-bond donors (Lipinski definition) is 2. The summed E-state index contributed by atoms with van der Waals surface area (Å²) in [5, 5.41) is 2.52. The van der Waals surface area contributed by atoms with Crippen molar-refractivity contribution in [2.45, 2.75) is 25.8 Å². The average Bonchev–Trinajstić information content (AvgIpc) is 2.67. The lowest BCUT2D eigenvalue weighted by atomic mass is 9.90. The lowest BCUT2D eigenvalue weighted by molar-refractivity contribution is -0.146. The van der Waals surface area contributed by atoms with Gasteiger partial charge in [-0.3, -0.25) is 19.4 Å². The van der Waals surface area contributed by atoms with E-state index >= 15 is 0 Å². The maximum absolute atomic E-state index is 12.9. The van der Waals surface area contributed by atoms with Crippen LogP contribution < -0.4 is 11.1 Å². The third kappa shape index (κ3) is 4.56. The average molecular weight is 445 g/mol. The number of anilines is 1. The number of halogens is 1. The molecule has 0 radical (unpaired) electrons. The standard InChI is InChI=1S/C20H21BrN4O3/c1-12-5-6-17(13-3-2-4-15(21)7-13)25(11-12)20(28)19(27)24-16-8-14(18(22)26)9-23-10-16/h2-4,7-10,12,17H,5-6,11H2,1H3,(H2,22,26)(H,24,27)/t12-,17+/m1/s1. The molecule has 7 nitrogen and oxygen atoms in total. The molecule has 0 saturated carbocycles. The summed E-state index contributed by atoms with van der Waals surface area (Å²) in [7, 11) is 0. The Labute approximate surface area is 171 Å². The quantitative estimate of drug-likeness (QED) is 0.709. The second-order valence-corrected chi connectivity index (χ2v) is 7.91. The van der Waals surface area contributed by atoms with Crippen LogP contribution in [0.4, 0.5) is 5.69 Å². The molecule has 0 aliphatic carbocycles. The predicted molar refractivity (Wildman–Crippen MR) is 108 cm³/mol. The molecule has 2 atom stereocenters. The Kier molecular flexibility index (Phi) is 6.08. The molecule has 3 rings (SSSR count). The number of primary amides is 1. The number of carbonyl (C=O) groups is 3. The first-order valence-corrected chi connectivity index (χ1v) is 9.76. The number of amides is 3. The van der Waals surface area contributed by atoms with Crippen molar-refractivity contribution < 1.29 is 14.4 Å². The van der Waals surface area contributed by atoms with E-state index in [4.69, 9.17) is 5.73 Å². The molecule has 2 aromatic rings. The normalized spacial score (nSPS) is 19.1. The fourth-order valence-electron chi connectivity index (χ4n) is 3.40. The fourth-order valence-corrected chi connectivity index (χ4v) is 3.81. The molecule has 0 bridgehead atoms. The topological polar surface area (TPSA) is 105 Å². The Morgan fingerprint density at radius 3 is 2.71 bits per heavy atom. The summed E-state index contributed by atoms with van der Waals surface area (Å²) in [4.78, 5) is 42.3. The Morgan fingerprint density at radius 1 is 1.21 bits per heavy atom. The van der Waals surface area contributed by atoms with Gasteiger partial charge in [0.05, 0.1) is 23.5 Å². The third-order valence-corrected chi connectivity index (χ3v) is 5.28. The fraction of sp³-hybridized carbons (Fsp3) is 0.300. The van der Waals surface area contributed by atoms with Gasteiger partial charge in [-0.15, -0.1) is 0 Å². The van der Waals surface area contributed by atoms with Crippen molar-refractivity contribution in [3.63, 3.8) is 0 Å². The molecule has 146 valence electrons. The monoisotopic (exact) mass is 444 g/mol. The van der Waals surface area contributed by atoms with E-state index in [1.165, 1.54) is 18.5 Å². The number of hydrogen-bond acceptors (Lipinski definition) is 4. The van der Waals surface area contributed by atoms with Gasteiger partial charge < -0.3 is 16.0 Å². The highest BCUT2D eigenvalue weighted by Crippen LogP contribution is 2.34.